The molecule has 1 rings (SSSR count). The molecule has 4 heteroatoms. The molecule has 0 bridgehead atoms. The summed E-state index contributed by atoms with van der Waals surface area (Å²) in [7, 11) is 0. The third kappa shape index (κ3) is 3.03. The minimum atomic E-state index is -0.108. The molecule has 0 aromatic carbocycles. The van der Waals surface area contributed by atoms with Gasteiger partial charge in [0.2, 0.25) is 0 Å². The summed E-state index contributed by atoms with van der Waals surface area (Å²) in [6, 6.07) is 0.163. The molecule has 0 saturated carbocycles. The van der Waals surface area contributed by atoms with Gasteiger partial charge in [0.05, 0.1) is 6.61 Å². The van der Waals surface area contributed by atoms with Gasteiger partial charge >= 0.3 is 5.97 Å². The van der Waals surface area contributed by atoms with E-state index in [0.29, 0.717) is 13.0 Å². The van der Waals surface area contributed by atoms with E-state index in [-0.39, 0.29) is 24.4 Å². The van der Waals surface area contributed by atoms with Crippen molar-refractivity contribution in [3.8, 4) is 0 Å². The van der Waals surface area contributed by atoms with Gasteiger partial charge in [0.25, 0.3) is 0 Å². The molecule has 1 unspecified atom stereocenters. The first kappa shape index (κ1) is 9.72. The Bertz CT molecular complexity index is 118. The molecule has 1 aliphatic rings. The van der Waals surface area contributed by atoms with Crippen molar-refractivity contribution in [2.75, 3.05) is 6.61 Å². The van der Waals surface area contributed by atoms with Crippen molar-refractivity contribution >= 4 is 18.4 Å². The van der Waals surface area contributed by atoms with E-state index in [1.165, 1.54) is 0 Å². The minimum Gasteiger partial charge on any atom is -0.466 e. The number of ether oxygens (including phenoxy) is 1. The van der Waals surface area contributed by atoms with Crippen LogP contribution in [0.25, 0.3) is 0 Å². The van der Waals surface area contributed by atoms with Crippen molar-refractivity contribution in [1.82, 2.24) is 0 Å². The number of rotatable bonds is 0. The average molecular weight is 166 g/mol. The first-order valence-electron chi connectivity index (χ1n) is 3.20. The number of hydrogen-bond donors (Lipinski definition) is 1. The van der Waals surface area contributed by atoms with Gasteiger partial charge in [-0.25, -0.2) is 0 Å². The second-order valence-electron chi connectivity index (χ2n) is 2.31. The Morgan fingerprint density at radius 3 is 2.90 bits per heavy atom. The quantitative estimate of drug-likeness (QED) is 0.531. The average Bonchev–Trinajstić information content (AvgIpc) is 1.97. The number of carbonyl (C=O) groups excluding carboxylic acids is 1. The highest BCUT2D eigenvalue weighted by molar-refractivity contribution is 5.85. The molecule has 1 saturated heterocycles. The Balaban J connectivity index is 0.000000810. The molecule has 60 valence electrons. The van der Waals surface area contributed by atoms with Crippen molar-refractivity contribution in [2.45, 2.75) is 25.3 Å². The van der Waals surface area contributed by atoms with Gasteiger partial charge in [-0.05, 0) is 12.8 Å². The monoisotopic (exact) mass is 165 g/mol. The Kier molecular flexibility index (Phi) is 4.40. The third-order valence-electron chi connectivity index (χ3n) is 1.47. The van der Waals surface area contributed by atoms with Gasteiger partial charge in [0.1, 0.15) is 0 Å². The second kappa shape index (κ2) is 4.52. The predicted molar refractivity (Wildman–Crippen MR) is 40.0 cm³/mol. The molecule has 1 atom stereocenters. The second-order valence-corrected chi connectivity index (χ2v) is 2.31. The lowest BCUT2D eigenvalue weighted by molar-refractivity contribution is -0.142. The fourth-order valence-corrected chi connectivity index (χ4v) is 0.844. The molecule has 0 amide bonds. The molecule has 1 aliphatic heterocycles. The maximum Gasteiger partial charge on any atom is 0.305 e. The lowest BCUT2D eigenvalue weighted by atomic mass is 10.1. The van der Waals surface area contributed by atoms with Crippen molar-refractivity contribution < 1.29 is 9.53 Å². The van der Waals surface area contributed by atoms with Crippen molar-refractivity contribution in [1.29, 1.82) is 0 Å². The molecule has 10 heavy (non-hydrogen) atoms. The maximum atomic E-state index is 10.6. The van der Waals surface area contributed by atoms with E-state index in [9.17, 15) is 4.79 Å². The van der Waals surface area contributed by atoms with Crippen LogP contribution in [0.15, 0.2) is 0 Å². The lowest BCUT2D eigenvalue weighted by Crippen LogP contribution is -2.19. The number of carbonyl (C=O) groups is 1. The van der Waals surface area contributed by atoms with Crippen molar-refractivity contribution in [2.24, 2.45) is 5.73 Å². The van der Waals surface area contributed by atoms with E-state index in [1.54, 1.807) is 0 Å². The molecule has 0 aromatic heterocycles. The lowest BCUT2D eigenvalue weighted by Gasteiger charge is -2.01. The van der Waals surface area contributed by atoms with Gasteiger partial charge < -0.3 is 10.5 Å². The van der Waals surface area contributed by atoms with Gasteiger partial charge in [0, 0.05) is 12.5 Å². The number of halogens is 1. The molecule has 0 aliphatic carbocycles. The number of cyclic esters (lactones) is 1. The van der Waals surface area contributed by atoms with E-state index in [2.05, 4.69) is 0 Å². The van der Waals surface area contributed by atoms with Crippen LogP contribution in [0, 0.1) is 0 Å². The molecule has 1 heterocycles. The van der Waals surface area contributed by atoms with Crippen LogP contribution in [0.3, 0.4) is 0 Å². The van der Waals surface area contributed by atoms with Gasteiger partial charge in [0.15, 0.2) is 0 Å². The first-order chi connectivity index (χ1) is 4.29. The van der Waals surface area contributed by atoms with Crippen LogP contribution in [-0.4, -0.2) is 18.6 Å². The molecule has 2 N–H and O–H groups in total. The Labute approximate surface area is 66.3 Å². The topological polar surface area (TPSA) is 52.3 Å². The SMILES string of the molecule is Cl.NC1CCOC(=O)CC1. The summed E-state index contributed by atoms with van der Waals surface area (Å²) < 4.78 is 4.75. The summed E-state index contributed by atoms with van der Waals surface area (Å²) >= 11 is 0. The van der Waals surface area contributed by atoms with Gasteiger partial charge in [-0.1, -0.05) is 0 Å². The first-order valence-corrected chi connectivity index (χ1v) is 3.20. The molecule has 0 spiro atoms. The largest absolute Gasteiger partial charge is 0.466 e. The molecule has 3 nitrogen and oxygen atoms in total. The summed E-state index contributed by atoms with van der Waals surface area (Å²) in [6.07, 6.45) is 2.08. The van der Waals surface area contributed by atoms with Crippen LogP contribution in [0.1, 0.15) is 19.3 Å². The molecule has 1 fully saturated rings. The highest BCUT2D eigenvalue weighted by atomic mass is 35.5. The van der Waals surface area contributed by atoms with Crippen LogP contribution < -0.4 is 5.73 Å². The van der Waals surface area contributed by atoms with Crippen LogP contribution in [0.2, 0.25) is 0 Å². The zero-order valence-corrected chi connectivity index (χ0v) is 6.52. The van der Waals surface area contributed by atoms with Crippen molar-refractivity contribution in [3.63, 3.8) is 0 Å². The maximum absolute atomic E-state index is 10.6. The van der Waals surface area contributed by atoms with E-state index in [4.69, 9.17) is 10.5 Å². The van der Waals surface area contributed by atoms with Crippen LogP contribution >= 0.6 is 12.4 Å². The van der Waals surface area contributed by atoms with Crippen LogP contribution in [0.5, 0.6) is 0 Å². The number of hydrogen-bond acceptors (Lipinski definition) is 3. The van der Waals surface area contributed by atoms with E-state index in [1.807, 2.05) is 0 Å². The summed E-state index contributed by atoms with van der Waals surface area (Å²) in [5, 5.41) is 0. The predicted octanol–water partition coefficient (Wildman–Crippen LogP) is 0.463. The smallest absolute Gasteiger partial charge is 0.305 e. The van der Waals surface area contributed by atoms with Crippen LogP contribution in [0.4, 0.5) is 0 Å². The number of nitrogens with two attached hydrogens (primary N) is 1. The third-order valence-corrected chi connectivity index (χ3v) is 1.47. The Morgan fingerprint density at radius 2 is 2.20 bits per heavy atom. The van der Waals surface area contributed by atoms with E-state index < -0.39 is 0 Å². The normalized spacial score (nSPS) is 26.1. The molecule has 0 radical (unpaired) electrons. The molecule has 0 aromatic rings. The van der Waals surface area contributed by atoms with E-state index >= 15 is 0 Å². The summed E-state index contributed by atoms with van der Waals surface area (Å²) in [4.78, 5) is 10.6. The highest BCUT2D eigenvalue weighted by Crippen LogP contribution is 2.05. The van der Waals surface area contributed by atoms with Gasteiger partial charge in [-0.2, -0.15) is 0 Å². The zero-order chi connectivity index (χ0) is 6.69. The summed E-state index contributed by atoms with van der Waals surface area (Å²) in [5.74, 6) is -0.108. The summed E-state index contributed by atoms with van der Waals surface area (Å²) in [6.45, 7) is 0.500. The fraction of sp³-hybridized carbons (Fsp3) is 0.833. The minimum absolute atomic E-state index is 0. The van der Waals surface area contributed by atoms with Crippen LogP contribution in [-0.2, 0) is 9.53 Å². The highest BCUT2D eigenvalue weighted by Gasteiger charge is 2.12. The Morgan fingerprint density at radius 1 is 1.50 bits per heavy atom. The van der Waals surface area contributed by atoms with Gasteiger partial charge in [-0.3, -0.25) is 4.79 Å². The molecular weight excluding hydrogens is 154 g/mol. The molecular formula is C6H12ClNO2. The van der Waals surface area contributed by atoms with Gasteiger partial charge in [-0.15, -0.1) is 12.4 Å². The zero-order valence-electron chi connectivity index (χ0n) is 5.71. The standard InChI is InChI=1S/C6H11NO2.ClH/c7-5-1-2-6(8)9-4-3-5;/h5H,1-4,7H2;1H. The fourth-order valence-electron chi connectivity index (χ4n) is 0.844. The Hall–Kier alpha value is -0.280. The summed E-state index contributed by atoms with van der Waals surface area (Å²) in [5.41, 5.74) is 5.56. The van der Waals surface area contributed by atoms with E-state index in [0.717, 1.165) is 12.8 Å². The van der Waals surface area contributed by atoms with Crippen molar-refractivity contribution in [3.05, 3.63) is 0 Å². The number of esters is 1.